The molecule has 0 radical (unpaired) electrons. The van der Waals surface area contributed by atoms with Crippen LogP contribution in [0.2, 0.25) is 0 Å². The molecule has 0 bridgehead atoms. The summed E-state index contributed by atoms with van der Waals surface area (Å²) in [7, 11) is 0. The number of hydrogen-bond acceptors (Lipinski definition) is 3. The first kappa shape index (κ1) is 12.9. The molecule has 3 heteroatoms. The van der Waals surface area contributed by atoms with Crippen LogP contribution >= 0.6 is 11.8 Å². The molecule has 1 aromatic rings. The van der Waals surface area contributed by atoms with Crippen LogP contribution in [0.5, 0.6) is 0 Å². The molecule has 94 valence electrons. The highest BCUT2D eigenvalue weighted by atomic mass is 32.2. The minimum atomic E-state index is 0.273. The number of nitrogens with two attached hydrogens (primary N) is 1. The maximum absolute atomic E-state index is 5.87. The van der Waals surface area contributed by atoms with Crippen LogP contribution in [0.25, 0.3) is 0 Å². The highest BCUT2D eigenvalue weighted by Gasteiger charge is 2.20. The van der Waals surface area contributed by atoms with Gasteiger partial charge in [0.2, 0.25) is 0 Å². The van der Waals surface area contributed by atoms with E-state index in [1.165, 1.54) is 11.1 Å². The second-order valence-electron chi connectivity index (χ2n) is 4.69. The molecule has 1 heterocycles. The lowest BCUT2D eigenvalue weighted by Gasteiger charge is -2.26. The Hall–Kier alpha value is -0.510. The van der Waals surface area contributed by atoms with Gasteiger partial charge in [-0.2, -0.15) is 11.8 Å². The average Bonchev–Trinajstić information content (AvgIpc) is 2.39. The number of fused-ring (bicyclic) bond motifs is 1. The van der Waals surface area contributed by atoms with E-state index >= 15 is 0 Å². The summed E-state index contributed by atoms with van der Waals surface area (Å²) in [6, 6.07) is 8.64. The fourth-order valence-corrected chi connectivity index (χ4v) is 3.22. The van der Waals surface area contributed by atoms with Gasteiger partial charge in [0.05, 0.1) is 12.7 Å². The summed E-state index contributed by atoms with van der Waals surface area (Å²) < 4.78 is 5.87. The van der Waals surface area contributed by atoms with E-state index in [2.05, 4.69) is 31.2 Å². The molecule has 2 nitrogen and oxygen atoms in total. The van der Waals surface area contributed by atoms with E-state index in [1.807, 2.05) is 11.8 Å². The Labute approximate surface area is 108 Å². The molecule has 0 saturated heterocycles. The maximum Gasteiger partial charge on any atom is 0.0918 e. The van der Waals surface area contributed by atoms with Crippen molar-refractivity contribution in [2.24, 2.45) is 11.7 Å². The minimum Gasteiger partial charge on any atom is -0.372 e. The average molecular weight is 251 g/mol. The molecule has 0 aromatic heterocycles. The zero-order valence-corrected chi connectivity index (χ0v) is 11.2. The molecule has 0 fully saturated rings. The molecule has 2 unspecified atom stereocenters. The van der Waals surface area contributed by atoms with E-state index in [0.29, 0.717) is 5.92 Å². The van der Waals surface area contributed by atoms with Gasteiger partial charge in [0.25, 0.3) is 0 Å². The van der Waals surface area contributed by atoms with Gasteiger partial charge < -0.3 is 10.5 Å². The van der Waals surface area contributed by atoms with Gasteiger partial charge in [-0.15, -0.1) is 0 Å². The van der Waals surface area contributed by atoms with Crippen molar-refractivity contribution in [1.82, 2.24) is 0 Å². The van der Waals surface area contributed by atoms with Crippen molar-refractivity contribution in [2.75, 3.05) is 24.7 Å². The zero-order chi connectivity index (χ0) is 12.1. The Bertz CT molecular complexity index is 356. The highest BCUT2D eigenvalue weighted by Crippen LogP contribution is 2.30. The monoisotopic (exact) mass is 251 g/mol. The summed E-state index contributed by atoms with van der Waals surface area (Å²) in [5, 5.41) is 0. The summed E-state index contributed by atoms with van der Waals surface area (Å²) in [6.45, 7) is 3.83. The molecule has 0 amide bonds. The van der Waals surface area contributed by atoms with Gasteiger partial charge in [0, 0.05) is 5.75 Å². The predicted molar refractivity (Wildman–Crippen MR) is 74.4 cm³/mol. The third-order valence-electron chi connectivity index (χ3n) is 3.17. The Kier molecular flexibility index (Phi) is 4.89. The number of ether oxygens (including phenoxy) is 1. The van der Waals surface area contributed by atoms with Crippen LogP contribution in [0.3, 0.4) is 0 Å². The van der Waals surface area contributed by atoms with E-state index in [9.17, 15) is 0 Å². The third-order valence-corrected chi connectivity index (χ3v) is 4.51. The molecule has 1 aromatic carbocycles. The van der Waals surface area contributed by atoms with E-state index in [-0.39, 0.29) is 6.10 Å². The zero-order valence-electron chi connectivity index (χ0n) is 10.4. The number of rotatable bonds is 5. The quantitative estimate of drug-likeness (QED) is 0.873. The van der Waals surface area contributed by atoms with Gasteiger partial charge in [0.1, 0.15) is 0 Å². The molecule has 0 saturated carbocycles. The first-order valence-electron chi connectivity index (χ1n) is 6.28. The number of thioether (sulfide) groups is 1. The SMILES string of the molecule is CC(CN)CSCC1OCCc2ccccc21. The largest absolute Gasteiger partial charge is 0.372 e. The lowest BCUT2D eigenvalue weighted by molar-refractivity contribution is 0.0588. The van der Waals surface area contributed by atoms with Gasteiger partial charge in [-0.25, -0.2) is 0 Å². The van der Waals surface area contributed by atoms with Crippen LogP contribution in [-0.4, -0.2) is 24.7 Å². The Morgan fingerprint density at radius 1 is 1.47 bits per heavy atom. The molecular formula is C14H21NOS. The lowest BCUT2D eigenvalue weighted by Crippen LogP contribution is -2.19. The fourth-order valence-electron chi connectivity index (χ4n) is 2.06. The molecule has 2 rings (SSSR count). The van der Waals surface area contributed by atoms with Crippen molar-refractivity contribution in [3.63, 3.8) is 0 Å². The fraction of sp³-hybridized carbons (Fsp3) is 0.571. The van der Waals surface area contributed by atoms with Crippen LogP contribution in [0.4, 0.5) is 0 Å². The van der Waals surface area contributed by atoms with Gasteiger partial charge in [-0.3, -0.25) is 0 Å². The first-order valence-corrected chi connectivity index (χ1v) is 7.44. The lowest BCUT2D eigenvalue weighted by atomic mass is 9.99. The smallest absolute Gasteiger partial charge is 0.0918 e. The Morgan fingerprint density at radius 2 is 2.29 bits per heavy atom. The molecule has 0 spiro atoms. The minimum absolute atomic E-state index is 0.273. The normalized spacial score (nSPS) is 20.9. The van der Waals surface area contributed by atoms with Crippen LogP contribution in [0.1, 0.15) is 24.2 Å². The summed E-state index contributed by atoms with van der Waals surface area (Å²) >= 11 is 1.95. The standard InChI is InChI=1S/C14H21NOS/c1-11(8-15)9-17-10-14-13-5-3-2-4-12(13)6-7-16-14/h2-5,11,14H,6-10,15H2,1H3. The van der Waals surface area contributed by atoms with Crippen molar-refractivity contribution in [2.45, 2.75) is 19.4 Å². The topological polar surface area (TPSA) is 35.2 Å². The summed E-state index contributed by atoms with van der Waals surface area (Å²) in [5.41, 5.74) is 8.46. The van der Waals surface area contributed by atoms with Gasteiger partial charge in [-0.05, 0) is 35.8 Å². The maximum atomic E-state index is 5.87. The molecule has 17 heavy (non-hydrogen) atoms. The van der Waals surface area contributed by atoms with Crippen molar-refractivity contribution in [3.05, 3.63) is 35.4 Å². The number of benzene rings is 1. The summed E-state index contributed by atoms with van der Waals surface area (Å²) in [6.07, 6.45) is 1.33. The van der Waals surface area contributed by atoms with Gasteiger partial charge >= 0.3 is 0 Å². The van der Waals surface area contributed by atoms with E-state index in [0.717, 1.165) is 31.1 Å². The molecule has 1 aliphatic heterocycles. The van der Waals surface area contributed by atoms with Crippen LogP contribution in [0, 0.1) is 5.92 Å². The molecule has 1 aliphatic rings. The van der Waals surface area contributed by atoms with Crippen molar-refractivity contribution >= 4 is 11.8 Å². The van der Waals surface area contributed by atoms with Crippen molar-refractivity contribution < 1.29 is 4.74 Å². The Morgan fingerprint density at radius 3 is 3.12 bits per heavy atom. The Balaban J connectivity index is 1.90. The molecule has 2 atom stereocenters. The first-order chi connectivity index (χ1) is 8.31. The number of hydrogen-bond donors (Lipinski definition) is 1. The van der Waals surface area contributed by atoms with Crippen molar-refractivity contribution in [3.8, 4) is 0 Å². The van der Waals surface area contributed by atoms with Crippen molar-refractivity contribution in [1.29, 1.82) is 0 Å². The van der Waals surface area contributed by atoms with E-state index in [4.69, 9.17) is 10.5 Å². The van der Waals surface area contributed by atoms with Gasteiger partial charge in [-0.1, -0.05) is 31.2 Å². The van der Waals surface area contributed by atoms with Crippen LogP contribution < -0.4 is 5.73 Å². The second kappa shape index (κ2) is 6.43. The van der Waals surface area contributed by atoms with E-state index in [1.54, 1.807) is 0 Å². The van der Waals surface area contributed by atoms with Gasteiger partial charge in [0.15, 0.2) is 0 Å². The van der Waals surface area contributed by atoms with Crippen LogP contribution in [0.15, 0.2) is 24.3 Å². The molecule has 0 aliphatic carbocycles. The van der Waals surface area contributed by atoms with Crippen LogP contribution in [-0.2, 0) is 11.2 Å². The second-order valence-corrected chi connectivity index (χ2v) is 5.76. The van der Waals surface area contributed by atoms with E-state index < -0.39 is 0 Å². The predicted octanol–water partition coefficient (Wildman–Crippen LogP) is 2.63. The summed E-state index contributed by atoms with van der Waals surface area (Å²) in [4.78, 5) is 0. The molecule has 2 N–H and O–H groups in total. The molecular weight excluding hydrogens is 230 g/mol. The summed E-state index contributed by atoms with van der Waals surface area (Å²) in [5.74, 6) is 2.76. The highest BCUT2D eigenvalue weighted by molar-refractivity contribution is 7.99. The third kappa shape index (κ3) is 3.47.